The topological polar surface area (TPSA) is 76.2 Å². The lowest BCUT2D eigenvalue weighted by Gasteiger charge is -2.34. The van der Waals surface area contributed by atoms with Gasteiger partial charge in [0.2, 0.25) is 5.89 Å². The maximum Gasteiger partial charge on any atom is 0.303 e. The number of nitrogens with zero attached hydrogens (tertiary/aromatic N) is 2. The first-order valence-corrected chi connectivity index (χ1v) is 7.95. The Morgan fingerprint density at radius 3 is 2.57 bits per heavy atom. The molecule has 0 bridgehead atoms. The first-order chi connectivity index (χ1) is 9.90. The van der Waals surface area contributed by atoms with E-state index in [9.17, 15) is 9.90 Å². The summed E-state index contributed by atoms with van der Waals surface area (Å²) in [5.74, 6) is 1.10. The van der Waals surface area contributed by atoms with Crippen molar-refractivity contribution in [2.45, 2.75) is 71.1 Å². The van der Waals surface area contributed by atoms with Crippen molar-refractivity contribution in [1.82, 2.24) is 10.1 Å². The van der Waals surface area contributed by atoms with Gasteiger partial charge in [-0.3, -0.25) is 4.79 Å². The van der Waals surface area contributed by atoms with Gasteiger partial charge in [-0.25, -0.2) is 0 Å². The van der Waals surface area contributed by atoms with Crippen LogP contribution in [0, 0.1) is 10.8 Å². The van der Waals surface area contributed by atoms with Crippen molar-refractivity contribution in [1.29, 1.82) is 0 Å². The maximum absolute atomic E-state index is 11.2. The fourth-order valence-corrected chi connectivity index (χ4v) is 3.75. The van der Waals surface area contributed by atoms with Crippen LogP contribution in [-0.2, 0) is 11.2 Å². The lowest BCUT2D eigenvalue weighted by molar-refractivity contribution is -0.140. The largest absolute Gasteiger partial charge is 0.481 e. The molecular weight excluding hydrogens is 268 g/mol. The maximum atomic E-state index is 11.2. The Morgan fingerprint density at radius 1 is 1.33 bits per heavy atom. The van der Waals surface area contributed by atoms with Crippen LogP contribution >= 0.6 is 0 Å². The van der Waals surface area contributed by atoms with Crippen molar-refractivity contribution >= 4 is 5.97 Å². The minimum absolute atomic E-state index is 0.188. The predicted octanol–water partition coefficient (Wildman–Crippen LogP) is 3.55. The lowest BCUT2D eigenvalue weighted by Crippen LogP contribution is -2.29. The fourth-order valence-electron chi connectivity index (χ4n) is 3.75. The third kappa shape index (κ3) is 3.11. The van der Waals surface area contributed by atoms with E-state index < -0.39 is 5.97 Å². The molecule has 3 rings (SSSR count). The summed E-state index contributed by atoms with van der Waals surface area (Å²) in [5, 5.41) is 13.3. The van der Waals surface area contributed by atoms with E-state index in [1.165, 1.54) is 6.42 Å². The summed E-state index contributed by atoms with van der Waals surface area (Å²) in [4.78, 5) is 15.7. The molecular formula is C16H24N2O3. The van der Waals surface area contributed by atoms with E-state index in [2.05, 4.69) is 24.0 Å². The van der Waals surface area contributed by atoms with Crippen molar-refractivity contribution in [2.24, 2.45) is 10.8 Å². The van der Waals surface area contributed by atoms with Gasteiger partial charge in [0.15, 0.2) is 5.82 Å². The van der Waals surface area contributed by atoms with Gasteiger partial charge < -0.3 is 9.63 Å². The Labute approximate surface area is 125 Å². The molecule has 5 nitrogen and oxygen atoms in total. The van der Waals surface area contributed by atoms with Gasteiger partial charge in [0.05, 0.1) is 6.42 Å². The van der Waals surface area contributed by atoms with Crippen molar-refractivity contribution in [2.75, 3.05) is 0 Å². The highest BCUT2D eigenvalue weighted by Gasteiger charge is 2.49. The van der Waals surface area contributed by atoms with E-state index in [4.69, 9.17) is 4.52 Å². The third-order valence-electron chi connectivity index (χ3n) is 5.28. The van der Waals surface area contributed by atoms with Gasteiger partial charge in [0.1, 0.15) is 0 Å². The average Bonchev–Trinajstić information content (AvgIpc) is 2.82. The van der Waals surface area contributed by atoms with Gasteiger partial charge in [0, 0.05) is 12.3 Å². The number of carbonyl (C=O) groups is 1. The number of hydrogen-bond acceptors (Lipinski definition) is 4. The van der Waals surface area contributed by atoms with Gasteiger partial charge in [-0.05, 0) is 30.1 Å². The van der Waals surface area contributed by atoms with Crippen molar-refractivity contribution in [3.63, 3.8) is 0 Å². The van der Waals surface area contributed by atoms with E-state index in [0.717, 1.165) is 37.9 Å². The minimum Gasteiger partial charge on any atom is -0.481 e. The zero-order chi connectivity index (χ0) is 15.1. The molecule has 2 aliphatic carbocycles. The van der Waals surface area contributed by atoms with E-state index in [-0.39, 0.29) is 17.3 Å². The van der Waals surface area contributed by atoms with Crippen LogP contribution in [0.2, 0.25) is 0 Å². The predicted molar refractivity (Wildman–Crippen MR) is 76.9 cm³/mol. The Bertz CT molecular complexity index is 529. The molecule has 0 aliphatic heterocycles. The van der Waals surface area contributed by atoms with Gasteiger partial charge in [-0.1, -0.05) is 38.3 Å². The average molecular weight is 292 g/mol. The Kier molecular flexibility index (Phi) is 3.54. The highest BCUT2D eigenvalue weighted by molar-refractivity contribution is 5.67. The number of aromatic nitrogens is 2. The van der Waals surface area contributed by atoms with Crippen molar-refractivity contribution in [3.8, 4) is 0 Å². The standard InChI is InChI=1S/C16H24N2O3/c1-15(2)8-11(15)14-17-12(21-18-14)9-16(10-13(19)20)6-4-3-5-7-16/h11H,3-10H2,1-2H3,(H,19,20). The van der Waals surface area contributed by atoms with Gasteiger partial charge in [-0.2, -0.15) is 4.98 Å². The van der Waals surface area contributed by atoms with Gasteiger partial charge >= 0.3 is 5.97 Å². The van der Waals surface area contributed by atoms with Crippen LogP contribution in [0.25, 0.3) is 0 Å². The summed E-state index contributed by atoms with van der Waals surface area (Å²) in [5.41, 5.74) is 0.0949. The van der Waals surface area contributed by atoms with Crippen LogP contribution in [0.5, 0.6) is 0 Å². The number of aliphatic carboxylic acids is 1. The zero-order valence-electron chi connectivity index (χ0n) is 12.9. The first kappa shape index (κ1) is 14.5. The summed E-state index contributed by atoms with van der Waals surface area (Å²) in [7, 11) is 0. The molecule has 0 aromatic carbocycles. The van der Waals surface area contributed by atoms with Crippen molar-refractivity contribution in [3.05, 3.63) is 11.7 Å². The van der Waals surface area contributed by atoms with Crippen LogP contribution in [0.4, 0.5) is 0 Å². The number of hydrogen-bond donors (Lipinski definition) is 1. The molecule has 1 N–H and O–H groups in total. The highest BCUT2D eigenvalue weighted by atomic mass is 16.5. The normalized spacial score (nSPS) is 26.5. The fraction of sp³-hybridized carbons (Fsp3) is 0.812. The second-order valence-corrected chi connectivity index (χ2v) is 7.60. The van der Waals surface area contributed by atoms with Crippen LogP contribution in [0.15, 0.2) is 4.52 Å². The molecule has 2 saturated carbocycles. The number of carboxylic acids is 1. The molecule has 0 spiro atoms. The molecule has 21 heavy (non-hydrogen) atoms. The second kappa shape index (κ2) is 5.11. The molecule has 0 saturated heterocycles. The zero-order valence-corrected chi connectivity index (χ0v) is 12.9. The second-order valence-electron chi connectivity index (χ2n) is 7.60. The molecule has 1 aromatic heterocycles. The molecule has 0 amide bonds. The first-order valence-electron chi connectivity index (χ1n) is 7.95. The van der Waals surface area contributed by atoms with E-state index in [1.54, 1.807) is 0 Å². The lowest BCUT2D eigenvalue weighted by atomic mass is 9.69. The molecule has 0 radical (unpaired) electrons. The van der Waals surface area contributed by atoms with Gasteiger partial charge in [0.25, 0.3) is 0 Å². The molecule has 116 valence electrons. The molecule has 1 heterocycles. The highest BCUT2D eigenvalue weighted by Crippen LogP contribution is 2.57. The summed E-state index contributed by atoms with van der Waals surface area (Å²) in [6.45, 7) is 4.42. The molecule has 2 aliphatic rings. The summed E-state index contributed by atoms with van der Waals surface area (Å²) < 4.78 is 5.41. The number of carboxylic acid groups (broad SMARTS) is 1. The van der Waals surface area contributed by atoms with E-state index in [1.807, 2.05) is 0 Å². The summed E-state index contributed by atoms with van der Waals surface area (Å²) >= 11 is 0. The summed E-state index contributed by atoms with van der Waals surface area (Å²) in [6.07, 6.45) is 7.23. The van der Waals surface area contributed by atoms with Crippen LogP contribution in [0.1, 0.15) is 76.4 Å². The van der Waals surface area contributed by atoms with Crippen LogP contribution in [-0.4, -0.2) is 21.2 Å². The molecule has 5 heteroatoms. The monoisotopic (exact) mass is 292 g/mol. The Balaban J connectivity index is 1.72. The molecule has 1 unspecified atom stereocenters. The van der Waals surface area contributed by atoms with Crippen LogP contribution < -0.4 is 0 Å². The summed E-state index contributed by atoms with van der Waals surface area (Å²) in [6, 6.07) is 0. The molecule has 1 aromatic rings. The number of rotatable bonds is 5. The smallest absolute Gasteiger partial charge is 0.303 e. The van der Waals surface area contributed by atoms with Crippen LogP contribution in [0.3, 0.4) is 0 Å². The third-order valence-corrected chi connectivity index (χ3v) is 5.28. The minimum atomic E-state index is -0.722. The van der Waals surface area contributed by atoms with E-state index >= 15 is 0 Å². The quantitative estimate of drug-likeness (QED) is 0.898. The Hall–Kier alpha value is -1.39. The Morgan fingerprint density at radius 2 is 2.00 bits per heavy atom. The molecule has 2 fully saturated rings. The van der Waals surface area contributed by atoms with Crippen molar-refractivity contribution < 1.29 is 14.4 Å². The van der Waals surface area contributed by atoms with Gasteiger partial charge in [-0.15, -0.1) is 0 Å². The SMILES string of the molecule is CC1(C)CC1c1noc(CC2(CC(=O)O)CCCCC2)n1. The van der Waals surface area contributed by atoms with E-state index in [0.29, 0.717) is 18.2 Å². The molecule has 1 atom stereocenters.